The fourth-order valence-electron chi connectivity index (χ4n) is 3.32. The van der Waals surface area contributed by atoms with Crippen LogP contribution in [0.5, 0.6) is 0 Å². The second-order valence-electron chi connectivity index (χ2n) is 9.09. The van der Waals surface area contributed by atoms with Crippen molar-refractivity contribution in [2.24, 2.45) is 0 Å². The molecule has 2 rings (SSSR count). The van der Waals surface area contributed by atoms with Crippen LogP contribution in [-0.4, -0.2) is 52.6 Å². The molecule has 1 aliphatic rings. The fourth-order valence-corrected chi connectivity index (χ4v) is 3.32. The first kappa shape index (κ1) is 24.3. The van der Waals surface area contributed by atoms with Crippen LogP contribution in [0.2, 0.25) is 0 Å². The van der Waals surface area contributed by atoms with Crippen molar-refractivity contribution in [1.29, 1.82) is 5.26 Å². The molecule has 0 atom stereocenters. The standard InChI is InChI=1S/C24H34N4O3/c1-18(2)28(17-19-9-7-6-8-10-19)22(29)20(15-25)16-26-21-11-13-27(14-12-21)23(30)31-24(3,4)5/h6-10,16,18,21,26H,11-14,17H2,1-5H3/b20-16-. The number of nitriles is 1. The van der Waals surface area contributed by atoms with Gasteiger partial charge in [-0.2, -0.15) is 5.26 Å². The molecular formula is C24H34N4O3. The van der Waals surface area contributed by atoms with E-state index in [1.54, 1.807) is 9.80 Å². The van der Waals surface area contributed by atoms with E-state index in [-0.39, 0.29) is 29.7 Å². The lowest BCUT2D eigenvalue weighted by molar-refractivity contribution is -0.129. The Balaban J connectivity index is 1.95. The van der Waals surface area contributed by atoms with Crippen LogP contribution in [0.1, 0.15) is 53.0 Å². The Morgan fingerprint density at radius 1 is 1.26 bits per heavy atom. The van der Waals surface area contributed by atoms with Crippen LogP contribution in [-0.2, 0) is 16.1 Å². The second-order valence-corrected chi connectivity index (χ2v) is 9.09. The summed E-state index contributed by atoms with van der Waals surface area (Å²) in [4.78, 5) is 28.6. The van der Waals surface area contributed by atoms with Gasteiger partial charge in [-0.25, -0.2) is 4.79 Å². The first-order valence-electron chi connectivity index (χ1n) is 10.8. The van der Waals surface area contributed by atoms with Crippen molar-refractivity contribution in [2.45, 2.75) is 71.7 Å². The highest BCUT2D eigenvalue weighted by molar-refractivity contribution is 5.97. The monoisotopic (exact) mass is 426 g/mol. The average Bonchev–Trinajstić information content (AvgIpc) is 2.72. The van der Waals surface area contributed by atoms with Gasteiger partial charge in [-0.05, 0) is 53.0 Å². The number of rotatable bonds is 6. The van der Waals surface area contributed by atoms with Crippen LogP contribution in [0.25, 0.3) is 0 Å². The van der Waals surface area contributed by atoms with E-state index in [1.807, 2.05) is 71.0 Å². The van der Waals surface area contributed by atoms with Gasteiger partial charge >= 0.3 is 6.09 Å². The van der Waals surface area contributed by atoms with Crippen LogP contribution in [0, 0.1) is 11.3 Å². The zero-order valence-corrected chi connectivity index (χ0v) is 19.2. The molecule has 1 aromatic carbocycles. The quantitative estimate of drug-likeness (QED) is 0.552. The van der Waals surface area contributed by atoms with Gasteiger partial charge in [0.25, 0.3) is 5.91 Å². The molecule has 0 spiro atoms. The van der Waals surface area contributed by atoms with Gasteiger partial charge in [0.05, 0.1) is 0 Å². The van der Waals surface area contributed by atoms with Gasteiger partial charge in [-0.1, -0.05) is 30.3 Å². The average molecular weight is 427 g/mol. The van der Waals surface area contributed by atoms with Crippen LogP contribution < -0.4 is 5.32 Å². The van der Waals surface area contributed by atoms with Gasteiger partial charge in [0.15, 0.2) is 0 Å². The lowest BCUT2D eigenvalue weighted by Gasteiger charge is -2.33. The molecule has 7 heteroatoms. The Hall–Kier alpha value is -3.01. The maximum atomic E-state index is 13.0. The van der Waals surface area contributed by atoms with Crippen molar-refractivity contribution < 1.29 is 14.3 Å². The molecule has 0 saturated carbocycles. The zero-order valence-electron chi connectivity index (χ0n) is 19.2. The molecule has 168 valence electrons. The molecular weight excluding hydrogens is 392 g/mol. The van der Waals surface area contributed by atoms with Crippen LogP contribution in [0.4, 0.5) is 4.79 Å². The smallest absolute Gasteiger partial charge is 0.410 e. The number of ether oxygens (including phenoxy) is 1. The summed E-state index contributed by atoms with van der Waals surface area (Å²) in [5.41, 5.74) is 0.586. The van der Waals surface area contributed by atoms with Crippen molar-refractivity contribution in [3.8, 4) is 6.07 Å². The maximum Gasteiger partial charge on any atom is 0.410 e. The highest BCUT2D eigenvalue weighted by Crippen LogP contribution is 2.16. The second kappa shape index (κ2) is 10.9. The first-order chi connectivity index (χ1) is 14.6. The number of piperidine rings is 1. The minimum absolute atomic E-state index is 0.0403. The molecule has 7 nitrogen and oxygen atoms in total. The molecule has 1 aromatic rings. The zero-order chi connectivity index (χ0) is 23.0. The minimum Gasteiger partial charge on any atom is -0.444 e. The lowest BCUT2D eigenvalue weighted by atomic mass is 10.1. The number of benzene rings is 1. The summed E-state index contributed by atoms with van der Waals surface area (Å²) in [6.07, 6.45) is 2.67. The molecule has 1 aliphatic heterocycles. The van der Waals surface area contributed by atoms with E-state index in [0.717, 1.165) is 18.4 Å². The highest BCUT2D eigenvalue weighted by Gasteiger charge is 2.27. The third kappa shape index (κ3) is 7.63. The summed E-state index contributed by atoms with van der Waals surface area (Å²) < 4.78 is 5.42. The Morgan fingerprint density at radius 2 is 1.87 bits per heavy atom. The molecule has 0 bridgehead atoms. The molecule has 1 fully saturated rings. The lowest BCUT2D eigenvalue weighted by Crippen LogP contribution is -2.45. The number of amides is 2. The van der Waals surface area contributed by atoms with Gasteiger partial charge in [-0.3, -0.25) is 4.79 Å². The van der Waals surface area contributed by atoms with Crippen molar-refractivity contribution in [2.75, 3.05) is 13.1 Å². The summed E-state index contributed by atoms with van der Waals surface area (Å²) in [6.45, 7) is 11.0. The van der Waals surface area contributed by atoms with Crippen LogP contribution >= 0.6 is 0 Å². The predicted molar refractivity (Wildman–Crippen MR) is 120 cm³/mol. The van der Waals surface area contributed by atoms with E-state index in [4.69, 9.17) is 4.74 Å². The number of carbonyl (C=O) groups is 2. The summed E-state index contributed by atoms with van der Waals surface area (Å²) in [5.74, 6) is -0.292. The van der Waals surface area contributed by atoms with E-state index in [9.17, 15) is 14.9 Å². The summed E-state index contributed by atoms with van der Waals surface area (Å²) in [5, 5.41) is 12.8. The molecule has 0 radical (unpaired) electrons. The molecule has 2 amide bonds. The largest absolute Gasteiger partial charge is 0.444 e. The third-order valence-corrected chi connectivity index (χ3v) is 5.04. The number of nitrogens with zero attached hydrogens (tertiary/aromatic N) is 3. The molecule has 0 unspecified atom stereocenters. The molecule has 1 heterocycles. The first-order valence-corrected chi connectivity index (χ1v) is 10.8. The minimum atomic E-state index is -0.515. The predicted octanol–water partition coefficient (Wildman–Crippen LogP) is 3.82. The molecule has 31 heavy (non-hydrogen) atoms. The Bertz CT molecular complexity index is 813. The van der Waals surface area contributed by atoms with Gasteiger partial charge in [0, 0.05) is 37.9 Å². The Morgan fingerprint density at radius 3 is 2.39 bits per heavy atom. The summed E-state index contributed by atoms with van der Waals surface area (Å²) >= 11 is 0. The molecule has 1 saturated heterocycles. The van der Waals surface area contributed by atoms with E-state index < -0.39 is 5.60 Å². The van der Waals surface area contributed by atoms with Crippen molar-refractivity contribution >= 4 is 12.0 Å². The number of hydrogen-bond donors (Lipinski definition) is 1. The van der Waals surface area contributed by atoms with Crippen LogP contribution in [0.3, 0.4) is 0 Å². The van der Waals surface area contributed by atoms with Gasteiger partial charge in [-0.15, -0.1) is 0 Å². The van der Waals surface area contributed by atoms with E-state index >= 15 is 0 Å². The molecule has 0 aromatic heterocycles. The van der Waals surface area contributed by atoms with E-state index in [0.29, 0.717) is 19.6 Å². The fraction of sp³-hybridized carbons (Fsp3) is 0.542. The van der Waals surface area contributed by atoms with Gasteiger partial charge in [0.2, 0.25) is 0 Å². The van der Waals surface area contributed by atoms with Crippen molar-refractivity contribution in [1.82, 2.24) is 15.1 Å². The summed E-state index contributed by atoms with van der Waals surface area (Å²) in [6, 6.07) is 11.8. The number of carbonyl (C=O) groups excluding carboxylic acids is 2. The maximum absolute atomic E-state index is 13.0. The number of nitrogens with one attached hydrogen (secondary N) is 1. The number of likely N-dealkylation sites (tertiary alicyclic amines) is 1. The van der Waals surface area contributed by atoms with E-state index in [2.05, 4.69) is 5.32 Å². The van der Waals surface area contributed by atoms with E-state index in [1.165, 1.54) is 6.20 Å². The molecule has 0 aliphatic carbocycles. The number of hydrogen-bond acceptors (Lipinski definition) is 5. The van der Waals surface area contributed by atoms with Crippen molar-refractivity contribution in [3.05, 3.63) is 47.7 Å². The SMILES string of the molecule is CC(C)N(Cc1ccccc1)C(=O)/C(C#N)=C\NC1CCN(C(=O)OC(C)(C)C)CC1. The third-order valence-electron chi connectivity index (χ3n) is 5.04. The van der Waals surface area contributed by atoms with Crippen molar-refractivity contribution in [3.63, 3.8) is 0 Å². The topological polar surface area (TPSA) is 85.7 Å². The highest BCUT2D eigenvalue weighted by atomic mass is 16.6. The summed E-state index contributed by atoms with van der Waals surface area (Å²) in [7, 11) is 0. The Labute approximate surface area is 185 Å². The van der Waals surface area contributed by atoms with Gasteiger partial charge in [0.1, 0.15) is 17.2 Å². The Kier molecular flexibility index (Phi) is 8.49. The van der Waals surface area contributed by atoms with Gasteiger partial charge < -0.3 is 19.9 Å². The normalized spacial score (nSPS) is 15.4. The van der Waals surface area contributed by atoms with Crippen LogP contribution in [0.15, 0.2) is 42.1 Å². The molecule has 1 N–H and O–H groups in total.